The SMILES string of the molecule is COC(=O)c1ccccc1NC(=O)CSc1nnc2cc(C)c3ccccc3n12. The second kappa shape index (κ2) is 7.92. The van der Waals surface area contributed by atoms with Crippen molar-refractivity contribution in [3.8, 4) is 0 Å². The molecule has 29 heavy (non-hydrogen) atoms. The normalized spacial score (nSPS) is 11.0. The topological polar surface area (TPSA) is 85.6 Å². The van der Waals surface area contributed by atoms with E-state index in [1.54, 1.807) is 24.3 Å². The zero-order valence-electron chi connectivity index (χ0n) is 15.9. The molecule has 7 nitrogen and oxygen atoms in total. The molecule has 0 aliphatic heterocycles. The Kier molecular flexibility index (Phi) is 5.18. The highest BCUT2D eigenvalue weighted by atomic mass is 32.2. The fraction of sp³-hybridized carbons (Fsp3) is 0.143. The molecular weight excluding hydrogens is 388 g/mol. The molecule has 0 saturated heterocycles. The van der Waals surface area contributed by atoms with Gasteiger partial charge in [-0.05, 0) is 36.8 Å². The van der Waals surface area contributed by atoms with Crippen LogP contribution in [-0.4, -0.2) is 39.3 Å². The summed E-state index contributed by atoms with van der Waals surface area (Å²) in [5.74, 6) is -0.628. The molecule has 0 atom stereocenters. The van der Waals surface area contributed by atoms with Crippen molar-refractivity contribution >= 4 is 45.9 Å². The molecule has 146 valence electrons. The number of hydrogen-bond donors (Lipinski definition) is 1. The summed E-state index contributed by atoms with van der Waals surface area (Å²) in [6, 6.07) is 16.7. The Balaban J connectivity index is 1.56. The number of nitrogens with zero attached hydrogens (tertiary/aromatic N) is 3. The summed E-state index contributed by atoms with van der Waals surface area (Å²) in [6.45, 7) is 2.04. The first-order valence-corrected chi connectivity index (χ1v) is 9.90. The molecule has 0 aliphatic carbocycles. The van der Waals surface area contributed by atoms with Gasteiger partial charge in [0.15, 0.2) is 10.8 Å². The molecule has 0 bridgehead atoms. The van der Waals surface area contributed by atoms with Gasteiger partial charge in [-0.15, -0.1) is 10.2 Å². The van der Waals surface area contributed by atoms with E-state index >= 15 is 0 Å². The first-order chi connectivity index (χ1) is 14.1. The van der Waals surface area contributed by atoms with E-state index in [0.717, 1.165) is 22.1 Å². The van der Waals surface area contributed by atoms with E-state index in [-0.39, 0.29) is 11.7 Å². The number of fused-ring (bicyclic) bond motifs is 3. The number of benzene rings is 2. The lowest BCUT2D eigenvalue weighted by molar-refractivity contribution is -0.113. The highest BCUT2D eigenvalue weighted by Gasteiger charge is 2.16. The molecule has 0 spiro atoms. The Labute approximate surface area is 171 Å². The summed E-state index contributed by atoms with van der Waals surface area (Å²) in [6.07, 6.45) is 0. The Morgan fingerprint density at radius 2 is 1.86 bits per heavy atom. The first-order valence-electron chi connectivity index (χ1n) is 8.92. The van der Waals surface area contributed by atoms with Gasteiger partial charge in [-0.1, -0.05) is 42.1 Å². The Morgan fingerprint density at radius 3 is 2.69 bits per heavy atom. The molecule has 1 amide bonds. The second-order valence-electron chi connectivity index (χ2n) is 6.39. The predicted molar refractivity (Wildman–Crippen MR) is 112 cm³/mol. The van der Waals surface area contributed by atoms with Crippen LogP contribution in [-0.2, 0) is 9.53 Å². The fourth-order valence-corrected chi connectivity index (χ4v) is 3.92. The number of methoxy groups -OCH3 is 1. The third kappa shape index (κ3) is 3.66. The Morgan fingerprint density at radius 1 is 1.10 bits per heavy atom. The zero-order chi connectivity index (χ0) is 20.4. The molecule has 1 N–H and O–H groups in total. The van der Waals surface area contributed by atoms with Crippen molar-refractivity contribution < 1.29 is 14.3 Å². The molecule has 2 aromatic heterocycles. The second-order valence-corrected chi connectivity index (χ2v) is 7.34. The highest BCUT2D eigenvalue weighted by Crippen LogP contribution is 2.26. The van der Waals surface area contributed by atoms with E-state index in [2.05, 4.69) is 21.6 Å². The van der Waals surface area contributed by atoms with Crippen LogP contribution in [0, 0.1) is 6.92 Å². The number of carbonyl (C=O) groups is 2. The zero-order valence-corrected chi connectivity index (χ0v) is 16.7. The summed E-state index contributed by atoms with van der Waals surface area (Å²) in [5.41, 5.74) is 3.57. The number of carbonyl (C=O) groups excluding carboxylic acids is 2. The van der Waals surface area contributed by atoms with Crippen molar-refractivity contribution in [1.29, 1.82) is 0 Å². The van der Waals surface area contributed by atoms with E-state index in [1.807, 2.05) is 35.6 Å². The number of esters is 1. The van der Waals surface area contributed by atoms with E-state index in [1.165, 1.54) is 18.9 Å². The van der Waals surface area contributed by atoms with Crippen LogP contribution in [0.25, 0.3) is 16.6 Å². The minimum absolute atomic E-state index is 0.124. The summed E-state index contributed by atoms with van der Waals surface area (Å²) in [7, 11) is 1.30. The van der Waals surface area contributed by atoms with Gasteiger partial charge in [0, 0.05) is 5.39 Å². The average Bonchev–Trinajstić information content (AvgIpc) is 3.15. The molecule has 0 aliphatic rings. The largest absolute Gasteiger partial charge is 0.465 e. The Bertz CT molecular complexity index is 1240. The van der Waals surface area contributed by atoms with Gasteiger partial charge in [0.25, 0.3) is 0 Å². The van der Waals surface area contributed by atoms with Gasteiger partial charge in [-0.3, -0.25) is 9.20 Å². The van der Waals surface area contributed by atoms with Crippen LogP contribution < -0.4 is 5.32 Å². The van der Waals surface area contributed by atoms with Crippen molar-refractivity contribution in [3.63, 3.8) is 0 Å². The number of aromatic nitrogens is 3. The maximum absolute atomic E-state index is 12.5. The molecule has 0 radical (unpaired) electrons. The molecule has 4 aromatic rings. The van der Waals surface area contributed by atoms with Crippen LogP contribution in [0.4, 0.5) is 5.69 Å². The van der Waals surface area contributed by atoms with Gasteiger partial charge >= 0.3 is 5.97 Å². The van der Waals surface area contributed by atoms with Gasteiger partial charge in [0.2, 0.25) is 5.91 Å². The molecular formula is C21H18N4O3S. The number of pyridine rings is 1. The van der Waals surface area contributed by atoms with Crippen LogP contribution >= 0.6 is 11.8 Å². The van der Waals surface area contributed by atoms with Crippen LogP contribution in [0.15, 0.2) is 59.8 Å². The number of amides is 1. The van der Waals surface area contributed by atoms with Gasteiger partial charge in [0.1, 0.15) is 0 Å². The van der Waals surface area contributed by atoms with Crippen molar-refractivity contribution in [3.05, 3.63) is 65.7 Å². The lowest BCUT2D eigenvalue weighted by Crippen LogP contribution is -2.17. The minimum Gasteiger partial charge on any atom is -0.465 e. The summed E-state index contributed by atoms with van der Waals surface area (Å²) in [4.78, 5) is 24.3. The van der Waals surface area contributed by atoms with E-state index < -0.39 is 5.97 Å². The van der Waals surface area contributed by atoms with Crippen molar-refractivity contribution in [2.45, 2.75) is 12.1 Å². The lowest BCUT2D eigenvalue weighted by Gasteiger charge is -2.10. The van der Waals surface area contributed by atoms with Crippen LogP contribution in [0.3, 0.4) is 0 Å². The number of anilines is 1. The van der Waals surface area contributed by atoms with Gasteiger partial charge in [-0.25, -0.2) is 4.79 Å². The van der Waals surface area contributed by atoms with Crippen LogP contribution in [0.1, 0.15) is 15.9 Å². The lowest BCUT2D eigenvalue weighted by atomic mass is 10.1. The maximum atomic E-state index is 12.5. The van der Waals surface area contributed by atoms with Crippen LogP contribution in [0.2, 0.25) is 0 Å². The molecule has 0 fully saturated rings. The number of thioether (sulfide) groups is 1. The van der Waals surface area contributed by atoms with E-state index in [9.17, 15) is 9.59 Å². The molecule has 2 heterocycles. The smallest absolute Gasteiger partial charge is 0.339 e. The van der Waals surface area contributed by atoms with Crippen molar-refractivity contribution in [1.82, 2.24) is 14.6 Å². The fourth-order valence-electron chi connectivity index (χ4n) is 3.16. The quantitative estimate of drug-likeness (QED) is 0.402. The van der Waals surface area contributed by atoms with Crippen molar-refractivity contribution in [2.75, 3.05) is 18.2 Å². The summed E-state index contributed by atoms with van der Waals surface area (Å²) < 4.78 is 6.71. The number of para-hydroxylation sites is 2. The monoisotopic (exact) mass is 406 g/mol. The van der Waals surface area contributed by atoms with E-state index in [4.69, 9.17) is 4.74 Å². The molecule has 4 rings (SSSR count). The van der Waals surface area contributed by atoms with Gasteiger partial charge < -0.3 is 10.1 Å². The maximum Gasteiger partial charge on any atom is 0.339 e. The number of aryl methyl sites for hydroxylation is 1. The number of hydrogen-bond acceptors (Lipinski definition) is 6. The molecule has 8 heteroatoms. The number of ether oxygens (including phenoxy) is 1. The number of rotatable bonds is 5. The minimum atomic E-state index is -0.501. The first kappa shape index (κ1) is 18.9. The average molecular weight is 406 g/mol. The highest BCUT2D eigenvalue weighted by molar-refractivity contribution is 7.99. The van der Waals surface area contributed by atoms with E-state index in [0.29, 0.717) is 16.4 Å². The van der Waals surface area contributed by atoms with Crippen LogP contribution in [0.5, 0.6) is 0 Å². The third-order valence-corrected chi connectivity index (χ3v) is 5.44. The van der Waals surface area contributed by atoms with Gasteiger partial charge in [0.05, 0.1) is 29.6 Å². The molecule has 0 saturated carbocycles. The van der Waals surface area contributed by atoms with Gasteiger partial charge in [-0.2, -0.15) is 0 Å². The number of nitrogens with one attached hydrogen (secondary N) is 1. The summed E-state index contributed by atoms with van der Waals surface area (Å²) >= 11 is 1.29. The standard InChI is InChI=1S/C21H18N4O3S/c1-13-11-18-23-24-21(25(18)17-10-6-4-7-14(13)17)29-12-19(26)22-16-9-5-3-8-15(16)20(27)28-2/h3-11H,12H2,1-2H3,(H,22,26). The molecule has 0 unspecified atom stereocenters. The summed E-state index contributed by atoms with van der Waals surface area (Å²) in [5, 5.41) is 13.0. The predicted octanol–water partition coefficient (Wildman–Crippen LogP) is 3.71. The molecule has 2 aromatic carbocycles. The van der Waals surface area contributed by atoms with Crippen molar-refractivity contribution in [2.24, 2.45) is 0 Å². The third-order valence-electron chi connectivity index (χ3n) is 4.51. The Hall–Kier alpha value is -3.39.